The predicted octanol–water partition coefficient (Wildman–Crippen LogP) is 3.36. The molecule has 2 aromatic carbocycles. The first-order valence-electron chi connectivity index (χ1n) is 9.97. The zero-order valence-corrected chi connectivity index (χ0v) is 16.8. The summed E-state index contributed by atoms with van der Waals surface area (Å²) in [6.07, 6.45) is 1.94. The van der Waals surface area contributed by atoms with Crippen molar-refractivity contribution in [3.63, 3.8) is 0 Å². The first-order valence-corrected chi connectivity index (χ1v) is 9.97. The molecule has 1 amide bonds. The number of rotatable bonds is 5. The standard InChI is InChI=1S/C23H25N3O3/c1-15-10-16(2)12-17(11-15)23(28)26(13-18-6-5-9-29-18)14-21-24-20-8-4-3-7-19(20)22(27)25-21/h3-4,7-8,10-12,18H,5-6,9,13-14H2,1-2H3,(H,24,25,27)/t18-/m1/s1. The summed E-state index contributed by atoms with van der Waals surface area (Å²) in [4.78, 5) is 34.9. The van der Waals surface area contributed by atoms with E-state index in [9.17, 15) is 9.59 Å². The Labute approximate surface area is 169 Å². The van der Waals surface area contributed by atoms with Crippen molar-refractivity contribution >= 4 is 16.8 Å². The first kappa shape index (κ1) is 19.3. The van der Waals surface area contributed by atoms with Gasteiger partial charge >= 0.3 is 0 Å². The molecule has 6 heteroatoms. The Hall–Kier alpha value is -2.99. The molecule has 1 saturated heterocycles. The van der Waals surface area contributed by atoms with E-state index in [4.69, 9.17) is 4.74 Å². The van der Waals surface area contributed by atoms with E-state index in [2.05, 4.69) is 9.97 Å². The molecule has 0 radical (unpaired) electrons. The molecule has 0 unspecified atom stereocenters. The van der Waals surface area contributed by atoms with Gasteiger partial charge in [-0.3, -0.25) is 9.59 Å². The third kappa shape index (κ3) is 4.38. The van der Waals surface area contributed by atoms with Crippen LogP contribution in [-0.4, -0.2) is 40.0 Å². The number of aromatic nitrogens is 2. The minimum atomic E-state index is -0.193. The minimum absolute atomic E-state index is 0.0111. The zero-order valence-electron chi connectivity index (χ0n) is 16.8. The van der Waals surface area contributed by atoms with Gasteiger partial charge in [-0.15, -0.1) is 0 Å². The lowest BCUT2D eigenvalue weighted by Crippen LogP contribution is -2.38. The second kappa shape index (κ2) is 8.17. The van der Waals surface area contributed by atoms with E-state index < -0.39 is 0 Å². The fraction of sp³-hybridized carbons (Fsp3) is 0.348. The maximum atomic E-state index is 13.3. The fourth-order valence-corrected chi connectivity index (χ4v) is 3.92. The summed E-state index contributed by atoms with van der Waals surface area (Å²) in [7, 11) is 0. The van der Waals surface area contributed by atoms with Gasteiger partial charge in [0, 0.05) is 18.7 Å². The molecule has 1 fully saturated rings. The van der Waals surface area contributed by atoms with E-state index in [1.165, 1.54) is 0 Å². The van der Waals surface area contributed by atoms with Crippen LogP contribution in [0.3, 0.4) is 0 Å². The van der Waals surface area contributed by atoms with Crippen LogP contribution in [0.4, 0.5) is 0 Å². The fourth-order valence-electron chi connectivity index (χ4n) is 3.92. The van der Waals surface area contributed by atoms with E-state index in [0.29, 0.717) is 28.8 Å². The van der Waals surface area contributed by atoms with Crippen molar-refractivity contribution in [3.8, 4) is 0 Å². The van der Waals surface area contributed by atoms with Crippen molar-refractivity contribution in [2.75, 3.05) is 13.2 Å². The molecule has 0 spiro atoms. The minimum Gasteiger partial charge on any atom is -0.376 e. The number of H-pyrrole nitrogens is 1. The number of aromatic amines is 1. The summed E-state index contributed by atoms with van der Waals surface area (Å²) in [5.74, 6) is 0.396. The zero-order chi connectivity index (χ0) is 20.4. The third-order valence-electron chi connectivity index (χ3n) is 5.21. The first-order chi connectivity index (χ1) is 14.0. The monoisotopic (exact) mass is 391 g/mol. The number of hydrogen-bond acceptors (Lipinski definition) is 4. The molecular weight excluding hydrogens is 366 g/mol. The van der Waals surface area contributed by atoms with Crippen LogP contribution in [0.1, 0.15) is 40.2 Å². The number of carbonyl (C=O) groups excluding carboxylic acids is 1. The number of nitrogens with one attached hydrogen (secondary N) is 1. The molecule has 0 aliphatic carbocycles. The van der Waals surface area contributed by atoms with Crippen LogP contribution in [0.2, 0.25) is 0 Å². The van der Waals surface area contributed by atoms with Crippen molar-refractivity contribution in [2.24, 2.45) is 0 Å². The molecule has 1 aliphatic heterocycles. The summed E-state index contributed by atoms with van der Waals surface area (Å²) >= 11 is 0. The number of nitrogens with zero attached hydrogens (tertiary/aromatic N) is 2. The van der Waals surface area contributed by atoms with E-state index >= 15 is 0 Å². The Balaban J connectivity index is 1.66. The van der Waals surface area contributed by atoms with Crippen LogP contribution in [0, 0.1) is 13.8 Å². The molecule has 1 aliphatic rings. The molecule has 1 atom stereocenters. The lowest BCUT2D eigenvalue weighted by Gasteiger charge is -2.25. The van der Waals surface area contributed by atoms with Gasteiger partial charge < -0.3 is 14.6 Å². The molecule has 1 N–H and O–H groups in total. The number of aryl methyl sites for hydroxylation is 2. The second-order valence-corrected chi connectivity index (χ2v) is 7.73. The van der Waals surface area contributed by atoms with Crippen molar-refractivity contribution in [2.45, 2.75) is 39.3 Å². The van der Waals surface area contributed by atoms with Crippen LogP contribution < -0.4 is 5.56 Å². The smallest absolute Gasteiger partial charge is 0.258 e. The van der Waals surface area contributed by atoms with Crippen LogP contribution in [0.5, 0.6) is 0 Å². The normalized spacial score (nSPS) is 16.3. The molecule has 1 aromatic heterocycles. The molecular formula is C23H25N3O3. The highest BCUT2D eigenvalue weighted by Gasteiger charge is 2.24. The van der Waals surface area contributed by atoms with Gasteiger partial charge in [-0.25, -0.2) is 4.98 Å². The van der Waals surface area contributed by atoms with Crippen LogP contribution >= 0.6 is 0 Å². The number of para-hydroxylation sites is 1. The largest absolute Gasteiger partial charge is 0.376 e. The molecule has 2 heterocycles. The maximum absolute atomic E-state index is 13.3. The lowest BCUT2D eigenvalue weighted by molar-refractivity contribution is 0.0501. The number of hydrogen-bond donors (Lipinski definition) is 1. The number of fused-ring (bicyclic) bond motifs is 1. The SMILES string of the molecule is Cc1cc(C)cc(C(=O)N(Cc2nc3ccccc3c(=O)[nH]2)C[C@H]2CCCO2)c1. The molecule has 0 saturated carbocycles. The molecule has 0 bridgehead atoms. The molecule has 3 aromatic rings. The lowest BCUT2D eigenvalue weighted by atomic mass is 10.1. The van der Waals surface area contributed by atoms with Crippen LogP contribution in [0.25, 0.3) is 10.9 Å². The van der Waals surface area contributed by atoms with Crippen molar-refractivity contribution in [3.05, 3.63) is 75.3 Å². The van der Waals surface area contributed by atoms with Gasteiger partial charge in [0.05, 0.1) is 23.6 Å². The molecule has 6 nitrogen and oxygen atoms in total. The Morgan fingerprint density at radius 2 is 1.97 bits per heavy atom. The average Bonchev–Trinajstić information content (AvgIpc) is 3.19. The maximum Gasteiger partial charge on any atom is 0.258 e. The number of benzene rings is 2. The van der Waals surface area contributed by atoms with Crippen LogP contribution in [-0.2, 0) is 11.3 Å². The van der Waals surface area contributed by atoms with Gasteiger partial charge in [-0.1, -0.05) is 29.3 Å². The molecule has 4 rings (SSSR count). The average molecular weight is 391 g/mol. The molecule has 29 heavy (non-hydrogen) atoms. The number of amides is 1. The van der Waals surface area contributed by atoms with Crippen molar-refractivity contribution in [1.82, 2.24) is 14.9 Å². The highest BCUT2D eigenvalue weighted by Crippen LogP contribution is 2.18. The van der Waals surface area contributed by atoms with E-state index in [0.717, 1.165) is 30.6 Å². The summed E-state index contributed by atoms with van der Waals surface area (Å²) in [5, 5.41) is 0.544. The quantitative estimate of drug-likeness (QED) is 0.724. The van der Waals surface area contributed by atoms with E-state index in [-0.39, 0.29) is 24.1 Å². The summed E-state index contributed by atoms with van der Waals surface area (Å²) in [6.45, 7) is 5.39. The molecule has 150 valence electrons. The predicted molar refractivity (Wildman–Crippen MR) is 112 cm³/mol. The van der Waals surface area contributed by atoms with Gasteiger partial charge in [-0.2, -0.15) is 0 Å². The summed E-state index contributed by atoms with van der Waals surface area (Å²) in [6, 6.07) is 13.1. The summed E-state index contributed by atoms with van der Waals surface area (Å²) in [5.41, 5.74) is 3.16. The Kier molecular flexibility index (Phi) is 5.45. The van der Waals surface area contributed by atoms with Gasteiger partial charge in [0.1, 0.15) is 5.82 Å². The summed E-state index contributed by atoms with van der Waals surface area (Å²) < 4.78 is 5.76. The highest BCUT2D eigenvalue weighted by molar-refractivity contribution is 5.94. The highest BCUT2D eigenvalue weighted by atomic mass is 16.5. The van der Waals surface area contributed by atoms with Crippen molar-refractivity contribution in [1.29, 1.82) is 0 Å². The topological polar surface area (TPSA) is 75.3 Å². The second-order valence-electron chi connectivity index (χ2n) is 7.73. The van der Waals surface area contributed by atoms with E-state index in [1.807, 2.05) is 50.2 Å². The third-order valence-corrected chi connectivity index (χ3v) is 5.21. The van der Waals surface area contributed by atoms with E-state index in [1.54, 1.807) is 11.0 Å². The van der Waals surface area contributed by atoms with Gasteiger partial charge in [0.2, 0.25) is 0 Å². The Morgan fingerprint density at radius 3 is 2.69 bits per heavy atom. The van der Waals surface area contributed by atoms with Gasteiger partial charge in [0.25, 0.3) is 11.5 Å². The Morgan fingerprint density at radius 1 is 1.21 bits per heavy atom. The number of carbonyl (C=O) groups is 1. The Bertz CT molecular complexity index is 1080. The van der Waals surface area contributed by atoms with Gasteiger partial charge in [-0.05, 0) is 51.0 Å². The number of ether oxygens (including phenoxy) is 1. The van der Waals surface area contributed by atoms with Gasteiger partial charge in [0.15, 0.2) is 0 Å². The van der Waals surface area contributed by atoms with Crippen LogP contribution in [0.15, 0.2) is 47.3 Å². The van der Waals surface area contributed by atoms with Crippen molar-refractivity contribution < 1.29 is 9.53 Å².